The van der Waals surface area contributed by atoms with Crippen LogP contribution >= 0.6 is 46.4 Å². The number of hydrogen-bond acceptors (Lipinski definition) is 0. The van der Waals surface area contributed by atoms with Crippen molar-refractivity contribution in [2.45, 2.75) is 61.6 Å². The number of hydrogen-bond donors (Lipinski definition) is 0. The number of unbranched alkanes of at least 4 members (excludes halogenated alkanes) is 5. The molecule has 114 valence electrons. The van der Waals surface area contributed by atoms with Gasteiger partial charge in [-0.05, 0) is 24.1 Å². The summed E-state index contributed by atoms with van der Waals surface area (Å²) in [5, 5.41) is 0.705. The second kappa shape index (κ2) is 9.41. The van der Waals surface area contributed by atoms with E-state index in [4.69, 9.17) is 46.4 Å². The lowest BCUT2D eigenvalue weighted by molar-refractivity contribution is 0.542. The van der Waals surface area contributed by atoms with Crippen LogP contribution in [0.2, 0.25) is 5.02 Å². The maximum atomic E-state index is 6.13. The van der Waals surface area contributed by atoms with Gasteiger partial charge in [0.05, 0.1) is 0 Å². The Balaban J connectivity index is 2.51. The third kappa shape index (κ3) is 6.89. The molecule has 0 fully saturated rings. The molecule has 0 nitrogen and oxygen atoms in total. The molecule has 4 heteroatoms. The number of halogens is 4. The van der Waals surface area contributed by atoms with Crippen LogP contribution in [0.5, 0.6) is 0 Å². The summed E-state index contributed by atoms with van der Waals surface area (Å²) in [5.41, 5.74) is 1.04. The first-order chi connectivity index (χ1) is 9.45. The highest BCUT2D eigenvalue weighted by Crippen LogP contribution is 2.44. The normalized spacial score (nSPS) is 13.4. The molecular formula is C16H22Cl4. The van der Waals surface area contributed by atoms with Crippen molar-refractivity contribution in [1.82, 2.24) is 0 Å². The summed E-state index contributed by atoms with van der Waals surface area (Å²) in [5.74, 6) is -0.0732. The van der Waals surface area contributed by atoms with E-state index < -0.39 is 3.79 Å². The lowest BCUT2D eigenvalue weighted by atomic mass is 9.94. The molecule has 0 saturated heterocycles. The van der Waals surface area contributed by atoms with Gasteiger partial charge >= 0.3 is 0 Å². The van der Waals surface area contributed by atoms with Gasteiger partial charge in [-0.1, -0.05) is 104 Å². The zero-order chi connectivity index (χ0) is 15.0. The van der Waals surface area contributed by atoms with Crippen molar-refractivity contribution in [1.29, 1.82) is 0 Å². The maximum Gasteiger partial charge on any atom is 0.197 e. The largest absolute Gasteiger partial charge is 0.197 e. The van der Waals surface area contributed by atoms with Crippen LogP contribution in [0.25, 0.3) is 0 Å². The molecule has 0 amide bonds. The predicted molar refractivity (Wildman–Crippen MR) is 92.5 cm³/mol. The van der Waals surface area contributed by atoms with E-state index in [1.54, 1.807) is 0 Å². The Kier molecular flexibility index (Phi) is 8.67. The molecule has 0 N–H and O–H groups in total. The van der Waals surface area contributed by atoms with Gasteiger partial charge in [0.1, 0.15) is 0 Å². The third-order valence-electron chi connectivity index (χ3n) is 3.51. The van der Waals surface area contributed by atoms with Crippen LogP contribution < -0.4 is 0 Å². The van der Waals surface area contributed by atoms with Gasteiger partial charge < -0.3 is 0 Å². The lowest BCUT2D eigenvalue weighted by Crippen LogP contribution is -2.17. The van der Waals surface area contributed by atoms with E-state index in [0.29, 0.717) is 5.02 Å². The van der Waals surface area contributed by atoms with Crippen LogP contribution in [-0.4, -0.2) is 3.79 Å². The van der Waals surface area contributed by atoms with Crippen molar-refractivity contribution in [3.8, 4) is 0 Å². The zero-order valence-electron chi connectivity index (χ0n) is 11.8. The summed E-state index contributed by atoms with van der Waals surface area (Å²) < 4.78 is -1.27. The Labute approximate surface area is 142 Å². The third-order valence-corrected chi connectivity index (χ3v) is 4.56. The van der Waals surface area contributed by atoms with Gasteiger partial charge in [0, 0.05) is 10.9 Å². The van der Waals surface area contributed by atoms with Crippen LogP contribution in [0.15, 0.2) is 24.3 Å². The molecule has 1 aromatic rings. The summed E-state index contributed by atoms with van der Waals surface area (Å²) in [4.78, 5) is 0. The van der Waals surface area contributed by atoms with E-state index in [9.17, 15) is 0 Å². The number of rotatable bonds is 8. The summed E-state index contributed by atoms with van der Waals surface area (Å²) in [6.07, 6.45) is 8.32. The second-order valence-electron chi connectivity index (χ2n) is 5.20. The predicted octanol–water partition coefficient (Wildman–Crippen LogP) is 7.54. The second-order valence-corrected chi connectivity index (χ2v) is 8.01. The van der Waals surface area contributed by atoms with Crippen molar-refractivity contribution in [3.05, 3.63) is 34.9 Å². The monoisotopic (exact) mass is 354 g/mol. The summed E-state index contributed by atoms with van der Waals surface area (Å²) >= 11 is 24.3. The van der Waals surface area contributed by atoms with Gasteiger partial charge in [-0.2, -0.15) is 0 Å². The van der Waals surface area contributed by atoms with E-state index in [-0.39, 0.29) is 5.92 Å². The highest BCUT2D eigenvalue weighted by molar-refractivity contribution is 6.68. The Morgan fingerprint density at radius 3 is 2.00 bits per heavy atom. The van der Waals surface area contributed by atoms with Gasteiger partial charge in [0.25, 0.3) is 0 Å². The highest BCUT2D eigenvalue weighted by Gasteiger charge is 2.33. The van der Waals surface area contributed by atoms with Crippen molar-refractivity contribution < 1.29 is 0 Å². The topological polar surface area (TPSA) is 0 Å². The van der Waals surface area contributed by atoms with Crippen LogP contribution in [0.3, 0.4) is 0 Å². The fourth-order valence-electron chi connectivity index (χ4n) is 2.34. The first-order valence-electron chi connectivity index (χ1n) is 7.27. The molecule has 1 rings (SSSR count). The fraction of sp³-hybridized carbons (Fsp3) is 0.625. The Morgan fingerprint density at radius 1 is 0.900 bits per heavy atom. The van der Waals surface area contributed by atoms with Crippen LogP contribution in [-0.2, 0) is 0 Å². The van der Waals surface area contributed by atoms with Gasteiger partial charge in [0.2, 0.25) is 0 Å². The molecule has 0 aliphatic rings. The highest BCUT2D eigenvalue weighted by atomic mass is 35.6. The van der Waals surface area contributed by atoms with Gasteiger partial charge in [-0.25, -0.2) is 0 Å². The molecule has 0 saturated carbocycles. The molecule has 20 heavy (non-hydrogen) atoms. The van der Waals surface area contributed by atoms with E-state index >= 15 is 0 Å². The first-order valence-corrected chi connectivity index (χ1v) is 8.78. The molecule has 1 aromatic carbocycles. The molecule has 0 aromatic heterocycles. The van der Waals surface area contributed by atoms with Crippen LogP contribution in [0.4, 0.5) is 0 Å². The van der Waals surface area contributed by atoms with Crippen molar-refractivity contribution >= 4 is 46.4 Å². The molecule has 1 atom stereocenters. The smallest absolute Gasteiger partial charge is 0.0843 e. The van der Waals surface area contributed by atoms with Crippen LogP contribution in [0.1, 0.15) is 63.4 Å². The quantitative estimate of drug-likeness (QED) is 0.333. The summed E-state index contributed by atoms with van der Waals surface area (Å²) in [6.45, 7) is 2.22. The lowest BCUT2D eigenvalue weighted by Gasteiger charge is -2.25. The Morgan fingerprint density at radius 2 is 1.45 bits per heavy atom. The molecule has 0 bridgehead atoms. The van der Waals surface area contributed by atoms with E-state index in [0.717, 1.165) is 18.4 Å². The van der Waals surface area contributed by atoms with E-state index in [1.807, 2.05) is 24.3 Å². The molecule has 0 aliphatic heterocycles. The molecule has 0 aliphatic carbocycles. The molecule has 1 unspecified atom stereocenters. The van der Waals surface area contributed by atoms with Gasteiger partial charge in [-0.15, -0.1) is 0 Å². The Hall–Kier alpha value is 0.380. The van der Waals surface area contributed by atoms with Crippen molar-refractivity contribution in [2.24, 2.45) is 0 Å². The maximum absolute atomic E-state index is 6.13. The molecule has 0 spiro atoms. The number of alkyl halides is 3. The first kappa shape index (κ1) is 18.4. The standard InChI is InChI=1S/C16H22Cl4/c1-2-3-4-5-6-7-8-15(16(18,19)20)13-9-11-14(17)12-10-13/h9-12,15H,2-8H2,1H3. The zero-order valence-corrected chi connectivity index (χ0v) is 14.9. The van der Waals surface area contributed by atoms with E-state index in [2.05, 4.69) is 6.92 Å². The van der Waals surface area contributed by atoms with Crippen LogP contribution in [0, 0.1) is 0 Å². The van der Waals surface area contributed by atoms with Crippen molar-refractivity contribution in [3.63, 3.8) is 0 Å². The Bertz CT molecular complexity index is 367. The fourth-order valence-corrected chi connectivity index (χ4v) is 3.17. The minimum Gasteiger partial charge on any atom is -0.0843 e. The minimum absolute atomic E-state index is 0.0732. The van der Waals surface area contributed by atoms with Gasteiger partial charge in [0.15, 0.2) is 3.79 Å². The number of benzene rings is 1. The molecule has 0 radical (unpaired) electrons. The van der Waals surface area contributed by atoms with Crippen molar-refractivity contribution in [2.75, 3.05) is 0 Å². The molecular weight excluding hydrogens is 334 g/mol. The minimum atomic E-state index is -1.27. The SMILES string of the molecule is CCCCCCCCC(c1ccc(Cl)cc1)C(Cl)(Cl)Cl. The average molecular weight is 356 g/mol. The summed E-state index contributed by atoms with van der Waals surface area (Å²) in [6, 6.07) is 7.60. The summed E-state index contributed by atoms with van der Waals surface area (Å²) in [7, 11) is 0. The average Bonchev–Trinajstić information content (AvgIpc) is 2.38. The van der Waals surface area contributed by atoms with Gasteiger partial charge in [-0.3, -0.25) is 0 Å². The van der Waals surface area contributed by atoms with E-state index in [1.165, 1.54) is 32.1 Å². The molecule has 0 heterocycles.